The molecule has 0 amide bonds. The van der Waals surface area contributed by atoms with Crippen LogP contribution in [-0.4, -0.2) is 5.54 Å². The fourth-order valence-electron chi connectivity index (χ4n) is 1.22. The van der Waals surface area contributed by atoms with E-state index in [1.54, 1.807) is 13.8 Å². The molecule has 0 unspecified atom stereocenters. The fourth-order valence-corrected chi connectivity index (χ4v) is 1.39. The van der Waals surface area contributed by atoms with Gasteiger partial charge in [-0.3, -0.25) is 0 Å². The number of hydrogen-bond acceptors (Lipinski definition) is 1. The Balaban J connectivity index is 3.24. The summed E-state index contributed by atoms with van der Waals surface area (Å²) in [5, 5.41) is -0.698. The van der Waals surface area contributed by atoms with Gasteiger partial charge in [0.1, 0.15) is 16.7 Å². The molecule has 1 aromatic rings. The standard InChI is InChI=1S/C10H11ClF3N/c1-10(2,15)4-5-6(12)3-7(13)8(11)9(5)14/h3H,4,15H2,1-2H3. The molecular weight excluding hydrogens is 227 g/mol. The van der Waals surface area contributed by atoms with Crippen molar-refractivity contribution in [1.82, 2.24) is 0 Å². The molecule has 84 valence electrons. The van der Waals surface area contributed by atoms with Crippen LogP contribution in [0.1, 0.15) is 19.4 Å². The molecule has 15 heavy (non-hydrogen) atoms. The number of hydrogen-bond donors (Lipinski definition) is 1. The van der Waals surface area contributed by atoms with Crippen LogP contribution in [0.25, 0.3) is 0 Å². The van der Waals surface area contributed by atoms with Crippen molar-refractivity contribution >= 4 is 11.6 Å². The van der Waals surface area contributed by atoms with E-state index >= 15 is 0 Å². The highest BCUT2D eigenvalue weighted by Crippen LogP contribution is 2.26. The van der Waals surface area contributed by atoms with Crippen LogP contribution in [0.5, 0.6) is 0 Å². The minimum atomic E-state index is -1.11. The second-order valence-corrected chi connectivity index (χ2v) is 4.49. The summed E-state index contributed by atoms with van der Waals surface area (Å²) >= 11 is 5.33. The lowest BCUT2D eigenvalue weighted by molar-refractivity contribution is 0.465. The first-order valence-corrected chi connectivity index (χ1v) is 4.71. The Hall–Kier alpha value is -0.740. The molecule has 0 heterocycles. The Morgan fingerprint density at radius 3 is 2.27 bits per heavy atom. The zero-order chi connectivity index (χ0) is 11.8. The first-order valence-electron chi connectivity index (χ1n) is 4.33. The third kappa shape index (κ3) is 2.86. The quantitative estimate of drug-likeness (QED) is 0.621. The maximum Gasteiger partial charge on any atom is 0.150 e. The molecule has 0 saturated heterocycles. The van der Waals surface area contributed by atoms with E-state index in [-0.39, 0.29) is 12.0 Å². The van der Waals surface area contributed by atoms with Crippen molar-refractivity contribution in [1.29, 1.82) is 0 Å². The molecule has 0 aliphatic carbocycles. The lowest BCUT2D eigenvalue weighted by atomic mass is 9.95. The Morgan fingerprint density at radius 2 is 1.80 bits per heavy atom. The van der Waals surface area contributed by atoms with E-state index in [4.69, 9.17) is 17.3 Å². The van der Waals surface area contributed by atoms with Crippen molar-refractivity contribution in [3.8, 4) is 0 Å². The van der Waals surface area contributed by atoms with E-state index in [9.17, 15) is 13.2 Å². The molecule has 5 heteroatoms. The number of rotatable bonds is 2. The summed E-state index contributed by atoms with van der Waals surface area (Å²) in [6.07, 6.45) is -0.0509. The van der Waals surface area contributed by atoms with Gasteiger partial charge in [-0.25, -0.2) is 13.2 Å². The SMILES string of the molecule is CC(C)(N)Cc1c(F)cc(F)c(Cl)c1F. The van der Waals surface area contributed by atoms with Gasteiger partial charge in [-0.15, -0.1) is 0 Å². The number of benzene rings is 1. The van der Waals surface area contributed by atoms with Crippen LogP contribution in [0.3, 0.4) is 0 Å². The summed E-state index contributed by atoms with van der Waals surface area (Å²) in [6, 6.07) is 0.562. The average Bonchev–Trinajstić information content (AvgIpc) is 2.07. The van der Waals surface area contributed by atoms with Gasteiger partial charge in [0.15, 0.2) is 5.82 Å². The molecule has 0 radical (unpaired) electrons. The molecule has 0 spiro atoms. The summed E-state index contributed by atoms with van der Waals surface area (Å²) in [5.74, 6) is -3.15. The third-order valence-corrected chi connectivity index (χ3v) is 2.19. The summed E-state index contributed by atoms with van der Waals surface area (Å²) in [5.41, 5.74) is 4.55. The average molecular weight is 238 g/mol. The van der Waals surface area contributed by atoms with Gasteiger partial charge < -0.3 is 5.73 Å². The highest BCUT2D eigenvalue weighted by atomic mass is 35.5. The minimum Gasteiger partial charge on any atom is -0.325 e. The summed E-state index contributed by atoms with van der Waals surface area (Å²) in [6.45, 7) is 3.23. The Morgan fingerprint density at radius 1 is 1.27 bits per heavy atom. The largest absolute Gasteiger partial charge is 0.325 e. The second kappa shape index (κ2) is 4.02. The van der Waals surface area contributed by atoms with Crippen molar-refractivity contribution in [2.75, 3.05) is 0 Å². The van der Waals surface area contributed by atoms with E-state index in [1.165, 1.54) is 0 Å². The van der Waals surface area contributed by atoms with Crippen molar-refractivity contribution < 1.29 is 13.2 Å². The van der Waals surface area contributed by atoms with E-state index in [1.807, 2.05) is 0 Å². The Labute approximate surface area is 91.0 Å². The van der Waals surface area contributed by atoms with Crippen LogP contribution in [0, 0.1) is 17.5 Å². The molecule has 2 N–H and O–H groups in total. The van der Waals surface area contributed by atoms with Crippen LogP contribution in [-0.2, 0) is 6.42 Å². The van der Waals surface area contributed by atoms with Crippen LogP contribution < -0.4 is 5.73 Å². The summed E-state index contributed by atoms with van der Waals surface area (Å²) < 4.78 is 39.4. The molecule has 0 fully saturated rings. The predicted octanol–water partition coefficient (Wildman–Crippen LogP) is 3.04. The van der Waals surface area contributed by atoms with Crippen LogP contribution in [0.15, 0.2) is 6.07 Å². The molecule has 0 atom stereocenters. The van der Waals surface area contributed by atoms with E-state index in [0.29, 0.717) is 6.07 Å². The van der Waals surface area contributed by atoms with Gasteiger partial charge in [-0.1, -0.05) is 11.6 Å². The van der Waals surface area contributed by atoms with Crippen LogP contribution in [0.4, 0.5) is 13.2 Å². The molecule has 1 rings (SSSR count). The first-order chi connectivity index (χ1) is 6.72. The maximum atomic E-state index is 13.4. The Kier molecular flexibility index (Phi) is 3.31. The highest BCUT2D eigenvalue weighted by molar-refractivity contribution is 6.30. The van der Waals surface area contributed by atoms with Gasteiger partial charge in [0.05, 0.1) is 0 Å². The van der Waals surface area contributed by atoms with Crippen molar-refractivity contribution in [3.05, 3.63) is 34.1 Å². The predicted molar refractivity (Wildman–Crippen MR) is 53.3 cm³/mol. The number of halogens is 4. The normalized spacial score (nSPS) is 11.9. The fraction of sp³-hybridized carbons (Fsp3) is 0.400. The molecule has 0 aliphatic heterocycles. The van der Waals surface area contributed by atoms with Crippen LogP contribution in [0.2, 0.25) is 5.02 Å². The highest BCUT2D eigenvalue weighted by Gasteiger charge is 2.22. The molecule has 0 aromatic heterocycles. The zero-order valence-electron chi connectivity index (χ0n) is 8.37. The van der Waals surface area contributed by atoms with Crippen molar-refractivity contribution in [2.24, 2.45) is 5.73 Å². The van der Waals surface area contributed by atoms with Gasteiger partial charge in [-0.2, -0.15) is 0 Å². The zero-order valence-corrected chi connectivity index (χ0v) is 9.13. The van der Waals surface area contributed by atoms with E-state index in [0.717, 1.165) is 0 Å². The topological polar surface area (TPSA) is 26.0 Å². The van der Waals surface area contributed by atoms with Gasteiger partial charge in [0.2, 0.25) is 0 Å². The molecule has 1 aromatic carbocycles. The van der Waals surface area contributed by atoms with E-state index in [2.05, 4.69) is 0 Å². The summed E-state index contributed by atoms with van der Waals surface area (Å²) in [4.78, 5) is 0. The van der Waals surface area contributed by atoms with Crippen molar-refractivity contribution in [2.45, 2.75) is 25.8 Å². The second-order valence-electron chi connectivity index (χ2n) is 4.11. The third-order valence-electron chi connectivity index (χ3n) is 1.84. The first kappa shape index (κ1) is 12.3. The molecule has 0 saturated carbocycles. The lowest BCUT2D eigenvalue weighted by Crippen LogP contribution is -2.35. The molecular formula is C10H11ClF3N. The molecule has 0 bridgehead atoms. The van der Waals surface area contributed by atoms with Gasteiger partial charge in [0.25, 0.3) is 0 Å². The maximum absolute atomic E-state index is 13.4. The monoisotopic (exact) mass is 237 g/mol. The minimum absolute atomic E-state index is 0.0509. The smallest absolute Gasteiger partial charge is 0.150 e. The number of nitrogens with two attached hydrogens (primary N) is 1. The molecule has 0 aliphatic rings. The van der Waals surface area contributed by atoms with Crippen molar-refractivity contribution in [3.63, 3.8) is 0 Å². The summed E-state index contributed by atoms with van der Waals surface area (Å²) in [7, 11) is 0. The van der Waals surface area contributed by atoms with Gasteiger partial charge >= 0.3 is 0 Å². The Bertz CT molecular complexity index is 385. The lowest BCUT2D eigenvalue weighted by Gasteiger charge is -2.19. The molecule has 1 nitrogen and oxygen atoms in total. The van der Waals surface area contributed by atoms with Gasteiger partial charge in [-0.05, 0) is 20.3 Å². The van der Waals surface area contributed by atoms with E-state index < -0.39 is 28.0 Å². The van der Waals surface area contributed by atoms with Gasteiger partial charge in [0, 0.05) is 17.2 Å². The van der Waals surface area contributed by atoms with Crippen LogP contribution >= 0.6 is 11.6 Å².